The Morgan fingerprint density at radius 1 is 1.03 bits per heavy atom. The Bertz CT molecular complexity index is 1330. The van der Waals surface area contributed by atoms with E-state index in [1.807, 2.05) is 26.0 Å². The van der Waals surface area contributed by atoms with Gasteiger partial charge in [0, 0.05) is 49.9 Å². The maximum Gasteiger partial charge on any atom is 0.229 e. The van der Waals surface area contributed by atoms with Gasteiger partial charge < -0.3 is 15.5 Å². The summed E-state index contributed by atoms with van der Waals surface area (Å²) in [5.41, 5.74) is 2.50. The molecule has 34 heavy (non-hydrogen) atoms. The normalized spacial score (nSPS) is 14.2. The molecular weight excluding hydrogens is 438 g/mol. The van der Waals surface area contributed by atoms with Crippen LogP contribution in [-0.2, 0) is 7.05 Å². The second kappa shape index (κ2) is 8.94. The average Bonchev–Trinajstić information content (AvgIpc) is 3.18. The molecule has 1 aliphatic rings. The number of rotatable bonds is 5. The van der Waals surface area contributed by atoms with Crippen LogP contribution in [0, 0.1) is 11.6 Å². The highest BCUT2D eigenvalue weighted by Gasteiger charge is 2.19. The van der Waals surface area contributed by atoms with Crippen LogP contribution in [-0.4, -0.2) is 50.9 Å². The minimum atomic E-state index is -0.638. The lowest BCUT2D eigenvalue weighted by Gasteiger charge is -2.29. The van der Waals surface area contributed by atoms with E-state index in [2.05, 4.69) is 35.6 Å². The molecule has 1 saturated heterocycles. The molecule has 0 atom stereocenters. The number of pyridine rings is 1. The van der Waals surface area contributed by atoms with Gasteiger partial charge in [0.15, 0.2) is 11.6 Å². The van der Waals surface area contributed by atoms with Crippen LogP contribution >= 0.6 is 0 Å². The van der Waals surface area contributed by atoms with Gasteiger partial charge in [0.05, 0.1) is 18.1 Å². The summed E-state index contributed by atoms with van der Waals surface area (Å²) in [5, 5.41) is 11.3. The van der Waals surface area contributed by atoms with Crippen molar-refractivity contribution in [2.24, 2.45) is 7.05 Å². The van der Waals surface area contributed by atoms with Gasteiger partial charge in [-0.1, -0.05) is 13.8 Å². The van der Waals surface area contributed by atoms with Gasteiger partial charge in [-0.25, -0.2) is 23.7 Å². The van der Waals surface area contributed by atoms with Gasteiger partial charge in [-0.3, -0.25) is 4.68 Å². The molecule has 0 saturated carbocycles. The number of benzene rings is 1. The zero-order chi connectivity index (χ0) is 23.8. The van der Waals surface area contributed by atoms with E-state index >= 15 is 0 Å². The Morgan fingerprint density at radius 2 is 1.82 bits per heavy atom. The molecule has 10 heteroatoms. The van der Waals surface area contributed by atoms with Crippen LogP contribution in [0.25, 0.3) is 22.2 Å². The number of halogens is 2. The van der Waals surface area contributed by atoms with Crippen molar-refractivity contribution in [3.63, 3.8) is 0 Å². The molecule has 2 N–H and O–H groups in total. The molecule has 1 aromatic carbocycles. The number of nitrogens with zero attached hydrogens (tertiary/aromatic N) is 6. The molecule has 0 aliphatic carbocycles. The first-order valence-corrected chi connectivity index (χ1v) is 11.3. The molecule has 3 aromatic heterocycles. The van der Waals surface area contributed by atoms with E-state index in [1.54, 1.807) is 24.0 Å². The predicted octanol–water partition coefficient (Wildman–Crippen LogP) is 3.98. The summed E-state index contributed by atoms with van der Waals surface area (Å²) in [6.07, 6.45) is 2.87. The molecule has 1 fully saturated rings. The van der Waals surface area contributed by atoms with Crippen molar-refractivity contribution in [2.75, 3.05) is 36.4 Å². The summed E-state index contributed by atoms with van der Waals surface area (Å²) in [7, 11) is 1.78. The molecule has 0 amide bonds. The molecule has 0 radical (unpaired) electrons. The van der Waals surface area contributed by atoms with E-state index in [0.29, 0.717) is 16.8 Å². The Balaban J connectivity index is 1.45. The molecule has 0 unspecified atom stereocenters. The Labute approximate surface area is 196 Å². The fourth-order valence-electron chi connectivity index (χ4n) is 4.41. The number of anilines is 3. The van der Waals surface area contributed by atoms with Crippen LogP contribution in [0.15, 0.2) is 36.7 Å². The van der Waals surface area contributed by atoms with Crippen molar-refractivity contribution < 1.29 is 8.78 Å². The average molecular weight is 465 g/mol. The van der Waals surface area contributed by atoms with Gasteiger partial charge in [0.1, 0.15) is 17.0 Å². The van der Waals surface area contributed by atoms with Gasteiger partial charge in [0.2, 0.25) is 5.95 Å². The zero-order valence-electron chi connectivity index (χ0n) is 19.3. The monoisotopic (exact) mass is 464 g/mol. The maximum atomic E-state index is 14.9. The zero-order valence-corrected chi connectivity index (χ0v) is 19.3. The smallest absolute Gasteiger partial charge is 0.229 e. The van der Waals surface area contributed by atoms with E-state index in [1.165, 1.54) is 6.07 Å². The van der Waals surface area contributed by atoms with Gasteiger partial charge >= 0.3 is 0 Å². The molecule has 176 valence electrons. The third-order valence-electron chi connectivity index (χ3n) is 5.97. The Hall–Kier alpha value is -3.66. The van der Waals surface area contributed by atoms with Crippen LogP contribution < -0.4 is 15.5 Å². The molecule has 8 nitrogen and oxygen atoms in total. The first-order chi connectivity index (χ1) is 16.4. The highest BCUT2D eigenvalue weighted by molar-refractivity contribution is 5.87. The van der Waals surface area contributed by atoms with E-state index in [-0.39, 0.29) is 23.1 Å². The molecule has 1 aliphatic heterocycles. The summed E-state index contributed by atoms with van der Waals surface area (Å²) < 4.78 is 31.3. The Kier molecular flexibility index (Phi) is 5.82. The van der Waals surface area contributed by atoms with Crippen molar-refractivity contribution in [2.45, 2.75) is 19.8 Å². The first-order valence-electron chi connectivity index (χ1n) is 11.3. The minimum absolute atomic E-state index is 0.00861. The molecule has 0 bridgehead atoms. The van der Waals surface area contributed by atoms with Gasteiger partial charge in [0.25, 0.3) is 0 Å². The predicted molar refractivity (Wildman–Crippen MR) is 128 cm³/mol. The van der Waals surface area contributed by atoms with Crippen LogP contribution in [0.3, 0.4) is 0 Å². The van der Waals surface area contributed by atoms with E-state index in [4.69, 9.17) is 0 Å². The van der Waals surface area contributed by atoms with Crippen LogP contribution in [0.1, 0.15) is 25.5 Å². The maximum absolute atomic E-state index is 14.9. The molecular formula is C24H26F2N8. The number of nitrogens with one attached hydrogen (secondary N) is 2. The summed E-state index contributed by atoms with van der Waals surface area (Å²) >= 11 is 0. The second-order valence-corrected chi connectivity index (χ2v) is 8.67. The Morgan fingerprint density at radius 3 is 2.53 bits per heavy atom. The van der Waals surface area contributed by atoms with E-state index in [9.17, 15) is 8.78 Å². The van der Waals surface area contributed by atoms with Crippen LogP contribution in [0.2, 0.25) is 0 Å². The highest BCUT2D eigenvalue weighted by atomic mass is 19.1. The molecule has 0 spiro atoms. The SMILES string of the molecule is CC(C)c1c2cc(-c3nc(Nc4ccc(N5CCNCC5)cn4)ncc3F)cc(F)c2nn1C. The lowest BCUT2D eigenvalue weighted by molar-refractivity contribution is 0.589. The van der Waals surface area contributed by atoms with E-state index < -0.39 is 11.6 Å². The standard InChI is InChI=1S/C24H26F2N8/c1-14(2)23-17-10-15(11-18(25)22(17)32-33(23)3)21-19(26)13-29-24(31-21)30-20-5-4-16(12-28-20)34-8-6-27-7-9-34/h4-5,10-14,27H,6-9H2,1-3H3,(H,28,29,30,31). The minimum Gasteiger partial charge on any atom is -0.368 e. The van der Waals surface area contributed by atoms with Crippen molar-refractivity contribution in [1.29, 1.82) is 0 Å². The third kappa shape index (κ3) is 4.16. The van der Waals surface area contributed by atoms with Crippen LogP contribution in [0.5, 0.6) is 0 Å². The fourth-order valence-corrected chi connectivity index (χ4v) is 4.41. The number of fused-ring (bicyclic) bond motifs is 1. The third-order valence-corrected chi connectivity index (χ3v) is 5.97. The van der Waals surface area contributed by atoms with Crippen LogP contribution in [0.4, 0.5) is 26.2 Å². The van der Waals surface area contributed by atoms with Gasteiger partial charge in [-0.15, -0.1) is 0 Å². The van der Waals surface area contributed by atoms with Crippen molar-refractivity contribution >= 4 is 28.4 Å². The number of aryl methyl sites for hydroxylation is 1. The van der Waals surface area contributed by atoms with E-state index in [0.717, 1.165) is 43.8 Å². The molecule has 4 aromatic rings. The highest BCUT2D eigenvalue weighted by Crippen LogP contribution is 2.32. The number of hydrogen-bond donors (Lipinski definition) is 2. The second-order valence-electron chi connectivity index (χ2n) is 8.67. The lowest BCUT2D eigenvalue weighted by Crippen LogP contribution is -2.43. The number of piperazine rings is 1. The summed E-state index contributed by atoms with van der Waals surface area (Å²) in [6.45, 7) is 7.75. The summed E-state index contributed by atoms with van der Waals surface area (Å²) in [5.74, 6) is -0.330. The van der Waals surface area contributed by atoms with Crippen molar-refractivity contribution in [3.05, 3.63) is 54.0 Å². The van der Waals surface area contributed by atoms with Gasteiger partial charge in [-0.2, -0.15) is 5.10 Å². The molecule has 5 rings (SSSR count). The summed E-state index contributed by atoms with van der Waals surface area (Å²) in [6, 6.07) is 6.80. The molecule has 4 heterocycles. The fraction of sp³-hybridized carbons (Fsp3) is 0.333. The number of hydrogen-bond acceptors (Lipinski definition) is 7. The first kappa shape index (κ1) is 22.1. The van der Waals surface area contributed by atoms with Crippen molar-refractivity contribution in [3.8, 4) is 11.3 Å². The van der Waals surface area contributed by atoms with Crippen molar-refractivity contribution in [1.82, 2.24) is 30.0 Å². The van der Waals surface area contributed by atoms with Gasteiger partial charge in [-0.05, 0) is 30.2 Å². The largest absolute Gasteiger partial charge is 0.368 e. The topological polar surface area (TPSA) is 83.8 Å². The number of aromatic nitrogens is 5. The summed E-state index contributed by atoms with van der Waals surface area (Å²) in [4.78, 5) is 15.1. The quantitative estimate of drug-likeness (QED) is 0.462. The lowest BCUT2D eigenvalue weighted by atomic mass is 10.0.